The van der Waals surface area contributed by atoms with Gasteiger partial charge in [0, 0.05) is 44.5 Å². The van der Waals surface area contributed by atoms with Crippen LogP contribution >= 0.6 is 0 Å². The number of anilines is 1. The molecule has 1 saturated heterocycles. The average Bonchev–Trinajstić information content (AvgIpc) is 2.92. The number of carbonyl (C=O) groups is 2. The van der Waals surface area contributed by atoms with E-state index in [1.165, 1.54) is 20.0 Å². The second kappa shape index (κ2) is 5.84. The third-order valence-electron chi connectivity index (χ3n) is 3.42. The predicted octanol–water partition coefficient (Wildman–Crippen LogP) is 2.22. The highest BCUT2D eigenvalue weighted by atomic mass is 16.7. The molecule has 1 aliphatic heterocycles. The maximum atomic E-state index is 11.8. The minimum atomic E-state index is -1.24. The van der Waals surface area contributed by atoms with Crippen molar-refractivity contribution in [1.29, 1.82) is 0 Å². The normalized spacial score (nSPS) is 16.4. The number of cyclic esters (lactones) is 2. The van der Waals surface area contributed by atoms with E-state index in [1.54, 1.807) is 10.9 Å². The molecule has 1 fully saturated rings. The summed E-state index contributed by atoms with van der Waals surface area (Å²) in [5, 5.41) is 7.03. The maximum absolute atomic E-state index is 11.8. The van der Waals surface area contributed by atoms with E-state index in [2.05, 4.69) is 10.4 Å². The Balaban J connectivity index is 1.72. The van der Waals surface area contributed by atoms with Crippen LogP contribution in [0.25, 0.3) is 11.1 Å². The Morgan fingerprint density at radius 2 is 1.71 bits per heavy atom. The molecule has 1 aromatic heterocycles. The van der Waals surface area contributed by atoms with Crippen LogP contribution in [0.3, 0.4) is 0 Å². The van der Waals surface area contributed by atoms with Gasteiger partial charge in [-0.15, -0.1) is 0 Å². The van der Waals surface area contributed by atoms with Gasteiger partial charge in [0.2, 0.25) is 0 Å². The molecule has 0 spiro atoms. The van der Waals surface area contributed by atoms with Crippen LogP contribution in [0.1, 0.15) is 13.8 Å². The van der Waals surface area contributed by atoms with Gasteiger partial charge in [-0.3, -0.25) is 4.68 Å². The van der Waals surface area contributed by atoms with Gasteiger partial charge in [-0.1, -0.05) is 12.1 Å². The molecule has 3 rings (SSSR count). The average molecular weight is 327 g/mol. The molecule has 2 heterocycles. The molecule has 7 heteroatoms. The number of nitrogens with one attached hydrogen (secondary N) is 1. The second-order valence-electron chi connectivity index (χ2n) is 5.86. The number of aryl methyl sites for hydroxylation is 1. The molecular weight excluding hydrogens is 310 g/mol. The van der Waals surface area contributed by atoms with Gasteiger partial charge in [0.05, 0.1) is 6.20 Å². The van der Waals surface area contributed by atoms with Crippen molar-refractivity contribution in [2.45, 2.75) is 19.6 Å². The Bertz CT molecular complexity index is 797. The second-order valence-corrected chi connectivity index (χ2v) is 5.86. The summed E-state index contributed by atoms with van der Waals surface area (Å²) in [6.07, 6.45) is 4.99. The number of hydrogen-bond acceptors (Lipinski definition) is 6. The minimum absolute atomic E-state index is 0.175. The van der Waals surface area contributed by atoms with Crippen molar-refractivity contribution < 1.29 is 19.1 Å². The summed E-state index contributed by atoms with van der Waals surface area (Å²) in [6, 6.07) is 7.50. The zero-order chi connectivity index (χ0) is 17.3. The summed E-state index contributed by atoms with van der Waals surface area (Å²) in [6.45, 7) is 3.01. The zero-order valence-electron chi connectivity index (χ0n) is 13.6. The number of nitrogens with zero attached hydrogens (tertiary/aromatic N) is 2. The van der Waals surface area contributed by atoms with Gasteiger partial charge in [-0.25, -0.2) is 9.59 Å². The number of esters is 2. The number of benzene rings is 1. The fourth-order valence-electron chi connectivity index (χ4n) is 2.26. The molecule has 0 atom stereocenters. The maximum Gasteiger partial charge on any atom is 0.350 e. The summed E-state index contributed by atoms with van der Waals surface area (Å²) in [5.41, 5.74) is 2.56. The molecule has 7 nitrogen and oxygen atoms in total. The van der Waals surface area contributed by atoms with Crippen molar-refractivity contribution in [3.63, 3.8) is 0 Å². The molecule has 1 aromatic carbocycles. The molecule has 0 saturated carbocycles. The Morgan fingerprint density at radius 3 is 2.25 bits per heavy atom. The van der Waals surface area contributed by atoms with Crippen LogP contribution in [-0.2, 0) is 26.1 Å². The van der Waals surface area contributed by atoms with E-state index in [0.29, 0.717) is 0 Å². The Labute approximate surface area is 138 Å². The highest BCUT2D eigenvalue weighted by Crippen LogP contribution is 2.24. The molecule has 124 valence electrons. The van der Waals surface area contributed by atoms with Gasteiger partial charge in [-0.2, -0.15) is 5.10 Å². The standard InChI is InChI=1S/C17H17N3O4/c1-17(2)23-15(21)14(16(22)24-17)9-18-13-6-4-11(5-7-13)12-8-19-20(3)10-12/h4-10,18H,1-3H3. The molecule has 0 radical (unpaired) electrons. The van der Waals surface area contributed by atoms with Crippen LogP contribution in [0.5, 0.6) is 0 Å². The number of aromatic nitrogens is 2. The first-order valence-corrected chi connectivity index (χ1v) is 7.36. The van der Waals surface area contributed by atoms with Crippen molar-refractivity contribution in [3.05, 3.63) is 48.4 Å². The van der Waals surface area contributed by atoms with Crippen LogP contribution in [-0.4, -0.2) is 27.5 Å². The van der Waals surface area contributed by atoms with Crippen molar-refractivity contribution in [2.24, 2.45) is 7.05 Å². The van der Waals surface area contributed by atoms with E-state index >= 15 is 0 Å². The molecule has 1 aliphatic rings. The first-order valence-electron chi connectivity index (χ1n) is 7.36. The molecule has 2 aromatic rings. The lowest BCUT2D eigenvalue weighted by Crippen LogP contribution is -2.42. The van der Waals surface area contributed by atoms with Crippen molar-refractivity contribution in [3.8, 4) is 11.1 Å². The van der Waals surface area contributed by atoms with Crippen LogP contribution in [0.4, 0.5) is 5.69 Å². The zero-order valence-corrected chi connectivity index (χ0v) is 13.6. The first-order chi connectivity index (χ1) is 11.3. The van der Waals surface area contributed by atoms with E-state index in [1.807, 2.05) is 37.5 Å². The minimum Gasteiger partial charge on any atom is -0.419 e. The number of ether oxygens (including phenoxy) is 2. The van der Waals surface area contributed by atoms with E-state index in [4.69, 9.17) is 9.47 Å². The summed E-state index contributed by atoms with van der Waals surface area (Å²) < 4.78 is 11.8. The molecule has 0 amide bonds. The highest BCUT2D eigenvalue weighted by molar-refractivity contribution is 6.15. The Hall–Kier alpha value is -3.09. The van der Waals surface area contributed by atoms with E-state index in [-0.39, 0.29) is 5.57 Å². The number of hydrogen-bond donors (Lipinski definition) is 1. The SMILES string of the molecule is Cn1cc(-c2ccc(NC=C3C(=O)OC(C)(C)OC3=O)cc2)cn1. The summed E-state index contributed by atoms with van der Waals surface area (Å²) in [4.78, 5) is 23.7. The van der Waals surface area contributed by atoms with Gasteiger partial charge in [0.15, 0.2) is 5.57 Å². The smallest absolute Gasteiger partial charge is 0.350 e. The van der Waals surface area contributed by atoms with Crippen molar-refractivity contribution in [2.75, 3.05) is 5.32 Å². The van der Waals surface area contributed by atoms with Crippen LogP contribution in [0, 0.1) is 0 Å². The lowest BCUT2D eigenvalue weighted by Gasteiger charge is -2.29. The van der Waals surface area contributed by atoms with Gasteiger partial charge in [-0.05, 0) is 17.7 Å². The fraction of sp³-hybridized carbons (Fsp3) is 0.235. The van der Waals surface area contributed by atoms with Crippen LogP contribution in [0.2, 0.25) is 0 Å². The van der Waals surface area contributed by atoms with Crippen molar-refractivity contribution in [1.82, 2.24) is 9.78 Å². The first kappa shape index (κ1) is 15.8. The topological polar surface area (TPSA) is 82.5 Å². The molecule has 1 N–H and O–H groups in total. The quantitative estimate of drug-likeness (QED) is 0.529. The molecular formula is C17H17N3O4. The molecule has 0 aliphatic carbocycles. The Kier molecular flexibility index (Phi) is 3.84. The van der Waals surface area contributed by atoms with Crippen LogP contribution in [0.15, 0.2) is 48.4 Å². The lowest BCUT2D eigenvalue weighted by atomic mass is 10.1. The van der Waals surface area contributed by atoms with Gasteiger partial charge in [0.25, 0.3) is 5.79 Å². The van der Waals surface area contributed by atoms with E-state index < -0.39 is 17.7 Å². The Morgan fingerprint density at radius 1 is 1.08 bits per heavy atom. The third kappa shape index (κ3) is 3.29. The lowest BCUT2D eigenvalue weighted by molar-refractivity contribution is -0.222. The predicted molar refractivity (Wildman–Crippen MR) is 86.6 cm³/mol. The monoisotopic (exact) mass is 327 g/mol. The molecule has 0 bridgehead atoms. The molecule has 0 unspecified atom stereocenters. The summed E-state index contributed by atoms with van der Waals surface area (Å²) in [7, 11) is 1.86. The summed E-state index contributed by atoms with van der Waals surface area (Å²) >= 11 is 0. The van der Waals surface area contributed by atoms with E-state index in [9.17, 15) is 9.59 Å². The molecule has 24 heavy (non-hydrogen) atoms. The van der Waals surface area contributed by atoms with Crippen LogP contribution < -0.4 is 5.32 Å². The van der Waals surface area contributed by atoms with Gasteiger partial charge < -0.3 is 14.8 Å². The largest absolute Gasteiger partial charge is 0.419 e. The van der Waals surface area contributed by atoms with Gasteiger partial charge >= 0.3 is 11.9 Å². The van der Waals surface area contributed by atoms with Crippen molar-refractivity contribution >= 4 is 17.6 Å². The third-order valence-corrected chi connectivity index (χ3v) is 3.42. The fourth-order valence-corrected chi connectivity index (χ4v) is 2.26. The van der Waals surface area contributed by atoms with E-state index in [0.717, 1.165) is 16.8 Å². The summed E-state index contributed by atoms with van der Waals surface area (Å²) in [5.74, 6) is -2.66. The number of rotatable bonds is 3. The number of carbonyl (C=O) groups excluding carboxylic acids is 2. The highest BCUT2D eigenvalue weighted by Gasteiger charge is 2.38. The van der Waals surface area contributed by atoms with Gasteiger partial charge in [0.1, 0.15) is 0 Å².